The molecule has 0 aliphatic rings. The molecule has 62 valence electrons. The highest BCUT2D eigenvalue weighted by molar-refractivity contribution is 7.17. The quantitative estimate of drug-likeness (QED) is 0.742. The third kappa shape index (κ3) is 1.30. The second-order valence-electron chi connectivity index (χ2n) is 2.70. The highest BCUT2D eigenvalue weighted by atomic mass is 32.1. The minimum atomic E-state index is 0.982. The van der Waals surface area contributed by atoms with Crippen LogP contribution in [-0.4, -0.2) is 6.54 Å². The zero-order valence-corrected chi connectivity index (χ0v) is 7.82. The molecule has 1 aromatic carbocycles. The van der Waals surface area contributed by atoms with Crippen LogP contribution in [0.4, 0.5) is 5.69 Å². The van der Waals surface area contributed by atoms with Gasteiger partial charge in [0.2, 0.25) is 0 Å². The van der Waals surface area contributed by atoms with E-state index in [1.807, 2.05) is 0 Å². The van der Waals surface area contributed by atoms with Crippen molar-refractivity contribution in [3.63, 3.8) is 0 Å². The van der Waals surface area contributed by atoms with Gasteiger partial charge in [-0.1, -0.05) is 0 Å². The fraction of sp³-hybridized carbons (Fsp3) is 0.200. The summed E-state index contributed by atoms with van der Waals surface area (Å²) >= 11 is 1.79. The molecule has 0 saturated heterocycles. The molecule has 2 heteroatoms. The number of rotatable bonds is 2. The molecule has 0 bridgehead atoms. The molecule has 0 radical (unpaired) electrons. The van der Waals surface area contributed by atoms with E-state index in [2.05, 4.69) is 41.9 Å². The Bertz CT molecular complexity index is 378. The van der Waals surface area contributed by atoms with Crippen molar-refractivity contribution < 1.29 is 0 Å². The van der Waals surface area contributed by atoms with E-state index in [0.717, 1.165) is 6.54 Å². The number of nitrogens with one attached hydrogen (secondary N) is 1. The Kier molecular flexibility index (Phi) is 2.00. The number of thiophene rings is 1. The molecule has 0 amide bonds. The maximum Gasteiger partial charge on any atom is 0.0347 e. The zero-order valence-electron chi connectivity index (χ0n) is 7.00. The summed E-state index contributed by atoms with van der Waals surface area (Å²) < 4.78 is 1.36. The van der Waals surface area contributed by atoms with E-state index in [4.69, 9.17) is 0 Å². The van der Waals surface area contributed by atoms with Gasteiger partial charge in [0.15, 0.2) is 0 Å². The summed E-state index contributed by atoms with van der Waals surface area (Å²) in [5.74, 6) is 0. The molecule has 0 atom stereocenters. The largest absolute Gasteiger partial charge is 0.385 e. The zero-order chi connectivity index (χ0) is 8.39. The summed E-state index contributed by atoms with van der Waals surface area (Å²) in [6.45, 7) is 3.09. The lowest BCUT2D eigenvalue weighted by Crippen LogP contribution is -1.94. The number of anilines is 1. The summed E-state index contributed by atoms with van der Waals surface area (Å²) in [4.78, 5) is 0. The van der Waals surface area contributed by atoms with E-state index in [1.54, 1.807) is 11.3 Å². The Balaban J connectivity index is 2.46. The molecule has 0 aliphatic heterocycles. The molecule has 0 fully saturated rings. The molecule has 0 spiro atoms. The van der Waals surface area contributed by atoms with Gasteiger partial charge in [-0.05, 0) is 42.0 Å². The van der Waals surface area contributed by atoms with Crippen LogP contribution < -0.4 is 5.32 Å². The molecular weight excluding hydrogens is 166 g/mol. The minimum absolute atomic E-state index is 0.982. The van der Waals surface area contributed by atoms with Crippen LogP contribution in [0.15, 0.2) is 29.6 Å². The molecule has 2 rings (SSSR count). The van der Waals surface area contributed by atoms with Gasteiger partial charge >= 0.3 is 0 Å². The van der Waals surface area contributed by atoms with E-state index in [9.17, 15) is 0 Å². The van der Waals surface area contributed by atoms with E-state index < -0.39 is 0 Å². The predicted octanol–water partition coefficient (Wildman–Crippen LogP) is 3.33. The van der Waals surface area contributed by atoms with E-state index in [-0.39, 0.29) is 0 Å². The maximum atomic E-state index is 3.29. The van der Waals surface area contributed by atoms with Crippen molar-refractivity contribution in [3.8, 4) is 0 Å². The normalized spacial score (nSPS) is 10.4. The predicted molar refractivity (Wildman–Crippen MR) is 56.0 cm³/mol. The number of hydrogen-bond acceptors (Lipinski definition) is 2. The van der Waals surface area contributed by atoms with Crippen LogP contribution in [-0.2, 0) is 0 Å². The van der Waals surface area contributed by atoms with Gasteiger partial charge in [-0.25, -0.2) is 0 Å². The summed E-state index contributed by atoms with van der Waals surface area (Å²) in [7, 11) is 0. The second kappa shape index (κ2) is 3.15. The van der Waals surface area contributed by atoms with Crippen LogP contribution in [0, 0.1) is 0 Å². The first kappa shape index (κ1) is 7.62. The number of benzene rings is 1. The third-order valence-corrected chi connectivity index (χ3v) is 2.73. The highest BCUT2D eigenvalue weighted by Crippen LogP contribution is 2.23. The molecule has 12 heavy (non-hydrogen) atoms. The summed E-state index contributed by atoms with van der Waals surface area (Å²) in [5, 5.41) is 6.75. The van der Waals surface area contributed by atoms with Crippen molar-refractivity contribution in [1.29, 1.82) is 0 Å². The topological polar surface area (TPSA) is 12.0 Å². The third-order valence-electron chi connectivity index (χ3n) is 1.83. The van der Waals surface area contributed by atoms with Crippen LogP contribution in [0.1, 0.15) is 6.92 Å². The van der Waals surface area contributed by atoms with Crippen molar-refractivity contribution in [1.82, 2.24) is 0 Å². The fourth-order valence-corrected chi connectivity index (χ4v) is 2.05. The van der Waals surface area contributed by atoms with E-state index in [1.165, 1.54) is 15.8 Å². The molecule has 1 N–H and O–H groups in total. The molecule has 0 unspecified atom stereocenters. The Morgan fingerprint density at radius 1 is 1.33 bits per heavy atom. The first-order chi connectivity index (χ1) is 5.90. The van der Waals surface area contributed by atoms with Crippen molar-refractivity contribution >= 4 is 27.1 Å². The lowest BCUT2D eigenvalue weighted by molar-refractivity contribution is 1.22. The van der Waals surface area contributed by atoms with Gasteiger partial charge in [0, 0.05) is 16.9 Å². The van der Waals surface area contributed by atoms with Crippen LogP contribution in [0.3, 0.4) is 0 Å². The van der Waals surface area contributed by atoms with Crippen LogP contribution in [0.25, 0.3) is 10.1 Å². The average Bonchev–Trinajstić information content (AvgIpc) is 2.51. The Labute approximate surface area is 76.0 Å². The van der Waals surface area contributed by atoms with Gasteiger partial charge in [-0.3, -0.25) is 0 Å². The molecule has 2 aromatic rings. The molecule has 0 saturated carbocycles. The first-order valence-electron chi connectivity index (χ1n) is 4.11. The van der Waals surface area contributed by atoms with Gasteiger partial charge in [0.1, 0.15) is 0 Å². The maximum absolute atomic E-state index is 3.29. The van der Waals surface area contributed by atoms with Gasteiger partial charge < -0.3 is 5.32 Å². The lowest BCUT2D eigenvalue weighted by atomic mass is 10.2. The molecule has 0 aliphatic carbocycles. The molecule has 1 heterocycles. The molecular formula is C10H11NS. The minimum Gasteiger partial charge on any atom is -0.385 e. The Morgan fingerprint density at radius 3 is 3.08 bits per heavy atom. The molecule has 1 nitrogen and oxygen atoms in total. The van der Waals surface area contributed by atoms with Gasteiger partial charge in [0.05, 0.1) is 0 Å². The van der Waals surface area contributed by atoms with Crippen molar-refractivity contribution in [2.24, 2.45) is 0 Å². The van der Waals surface area contributed by atoms with Crippen LogP contribution >= 0.6 is 11.3 Å². The second-order valence-corrected chi connectivity index (χ2v) is 3.65. The smallest absolute Gasteiger partial charge is 0.0347 e. The summed E-state index contributed by atoms with van der Waals surface area (Å²) in [5.41, 5.74) is 1.21. The van der Waals surface area contributed by atoms with Crippen molar-refractivity contribution in [2.45, 2.75) is 6.92 Å². The Morgan fingerprint density at radius 2 is 2.25 bits per heavy atom. The van der Waals surface area contributed by atoms with Crippen LogP contribution in [0.2, 0.25) is 0 Å². The van der Waals surface area contributed by atoms with Crippen molar-refractivity contribution in [3.05, 3.63) is 29.6 Å². The fourth-order valence-electron chi connectivity index (χ4n) is 1.28. The summed E-state index contributed by atoms with van der Waals surface area (Å²) in [6, 6.07) is 8.64. The van der Waals surface area contributed by atoms with Crippen molar-refractivity contribution in [2.75, 3.05) is 11.9 Å². The number of hydrogen-bond donors (Lipinski definition) is 1. The first-order valence-corrected chi connectivity index (χ1v) is 4.99. The summed E-state index contributed by atoms with van der Waals surface area (Å²) in [6.07, 6.45) is 0. The average molecular weight is 177 g/mol. The van der Waals surface area contributed by atoms with E-state index in [0.29, 0.717) is 0 Å². The number of fused-ring (bicyclic) bond motifs is 1. The monoisotopic (exact) mass is 177 g/mol. The Hall–Kier alpha value is -1.02. The van der Waals surface area contributed by atoms with Crippen LogP contribution in [0.5, 0.6) is 0 Å². The molecule has 1 aromatic heterocycles. The highest BCUT2D eigenvalue weighted by Gasteiger charge is 1.94. The van der Waals surface area contributed by atoms with Gasteiger partial charge in [0.25, 0.3) is 0 Å². The standard InChI is InChI=1S/C10H11NS/c1-2-11-9-3-4-10-8(7-9)5-6-12-10/h3-7,11H,2H2,1H3. The van der Waals surface area contributed by atoms with Gasteiger partial charge in [-0.15, -0.1) is 11.3 Å². The van der Waals surface area contributed by atoms with Gasteiger partial charge in [-0.2, -0.15) is 0 Å². The SMILES string of the molecule is CCNc1ccc2sccc2c1. The van der Waals surface area contributed by atoms with E-state index >= 15 is 0 Å². The lowest BCUT2D eigenvalue weighted by Gasteiger charge is -2.01.